The van der Waals surface area contributed by atoms with Crippen LogP contribution in [0.15, 0.2) is 58.5 Å². The van der Waals surface area contributed by atoms with Gasteiger partial charge in [-0.25, -0.2) is 4.98 Å². The van der Waals surface area contributed by atoms with Gasteiger partial charge in [-0.15, -0.1) is 0 Å². The number of H-pyrrole nitrogens is 1. The molecule has 148 valence electrons. The van der Waals surface area contributed by atoms with Gasteiger partial charge in [0.25, 0.3) is 5.56 Å². The Kier molecular flexibility index (Phi) is 5.26. The number of fused-ring (bicyclic) bond motifs is 3. The molecule has 0 radical (unpaired) electrons. The van der Waals surface area contributed by atoms with Crippen LogP contribution in [-0.2, 0) is 11.8 Å². The molecular weight excluding hydrogens is 388 g/mol. The zero-order chi connectivity index (χ0) is 20.4. The van der Waals surface area contributed by atoms with Crippen molar-refractivity contribution >= 4 is 45.3 Å². The molecule has 29 heavy (non-hydrogen) atoms. The van der Waals surface area contributed by atoms with Crippen LogP contribution < -0.4 is 15.6 Å². The molecule has 0 unspecified atom stereocenters. The molecule has 2 N–H and O–H groups in total. The minimum atomic E-state index is -0.174. The van der Waals surface area contributed by atoms with Crippen molar-refractivity contribution in [1.29, 1.82) is 0 Å². The Bertz CT molecular complexity index is 1240. The number of aromatic nitrogens is 3. The standard InChI is InChI=1S/C21H20N4O3S/c1-3-28-14-10-8-13(9-11-14)22-17(26)12-29-21-24-18-15-6-4-5-7-16(15)23-19(18)20(27)25(21)2/h4-11,23H,3,12H2,1-2H3,(H,22,26). The van der Waals surface area contributed by atoms with Gasteiger partial charge in [0, 0.05) is 23.6 Å². The lowest BCUT2D eigenvalue weighted by molar-refractivity contribution is -0.113. The summed E-state index contributed by atoms with van der Waals surface area (Å²) in [6.45, 7) is 2.51. The molecular formula is C21H20N4O3S. The molecule has 4 rings (SSSR count). The van der Waals surface area contributed by atoms with E-state index in [1.807, 2.05) is 43.3 Å². The molecule has 0 aliphatic heterocycles. The SMILES string of the molecule is CCOc1ccc(NC(=O)CSc2nc3c([nH]c4ccccc43)c(=O)n2C)cc1. The molecule has 8 heteroatoms. The smallest absolute Gasteiger partial charge is 0.278 e. The Morgan fingerprint density at radius 3 is 2.72 bits per heavy atom. The van der Waals surface area contributed by atoms with E-state index in [-0.39, 0.29) is 17.2 Å². The van der Waals surface area contributed by atoms with Crippen LogP contribution in [0.25, 0.3) is 21.9 Å². The zero-order valence-corrected chi connectivity index (χ0v) is 16.9. The molecule has 4 aromatic rings. The van der Waals surface area contributed by atoms with Crippen LogP contribution in [0.5, 0.6) is 5.75 Å². The number of hydrogen-bond acceptors (Lipinski definition) is 5. The maximum atomic E-state index is 12.7. The fraction of sp³-hybridized carbons (Fsp3) is 0.190. The molecule has 0 bridgehead atoms. The quantitative estimate of drug-likeness (QED) is 0.376. The summed E-state index contributed by atoms with van der Waals surface area (Å²) in [6.07, 6.45) is 0. The first-order valence-electron chi connectivity index (χ1n) is 9.19. The average Bonchev–Trinajstić information content (AvgIpc) is 3.10. The van der Waals surface area contributed by atoms with Gasteiger partial charge >= 0.3 is 0 Å². The summed E-state index contributed by atoms with van der Waals surface area (Å²) in [4.78, 5) is 32.8. The fourth-order valence-electron chi connectivity index (χ4n) is 3.08. The number of nitrogens with one attached hydrogen (secondary N) is 2. The van der Waals surface area contributed by atoms with E-state index in [4.69, 9.17) is 4.74 Å². The topological polar surface area (TPSA) is 89.0 Å². The van der Waals surface area contributed by atoms with Crippen LogP contribution in [0.1, 0.15) is 6.92 Å². The van der Waals surface area contributed by atoms with Crippen LogP contribution >= 0.6 is 11.8 Å². The number of thioether (sulfide) groups is 1. The van der Waals surface area contributed by atoms with Crippen molar-refractivity contribution in [2.24, 2.45) is 7.05 Å². The van der Waals surface area contributed by atoms with Gasteiger partial charge in [-0.2, -0.15) is 0 Å². The Balaban J connectivity index is 1.51. The van der Waals surface area contributed by atoms with Crippen LogP contribution in [-0.4, -0.2) is 32.8 Å². The van der Waals surface area contributed by atoms with E-state index in [2.05, 4.69) is 15.3 Å². The molecule has 2 aromatic carbocycles. The third-order valence-corrected chi connectivity index (χ3v) is 5.50. The van der Waals surface area contributed by atoms with Crippen molar-refractivity contribution in [1.82, 2.24) is 14.5 Å². The zero-order valence-electron chi connectivity index (χ0n) is 16.1. The number of rotatable bonds is 6. The van der Waals surface area contributed by atoms with E-state index < -0.39 is 0 Å². The van der Waals surface area contributed by atoms with Crippen molar-refractivity contribution in [3.8, 4) is 5.75 Å². The molecule has 0 atom stereocenters. The minimum absolute atomic E-state index is 0.140. The van der Waals surface area contributed by atoms with Crippen molar-refractivity contribution in [2.75, 3.05) is 17.7 Å². The van der Waals surface area contributed by atoms with Crippen LogP contribution in [0.3, 0.4) is 0 Å². The monoisotopic (exact) mass is 408 g/mol. The number of para-hydroxylation sites is 1. The summed E-state index contributed by atoms with van der Waals surface area (Å²) < 4.78 is 6.86. The molecule has 0 aliphatic rings. The van der Waals surface area contributed by atoms with Gasteiger partial charge < -0.3 is 15.0 Å². The lowest BCUT2D eigenvalue weighted by Gasteiger charge is -2.09. The van der Waals surface area contributed by atoms with Gasteiger partial charge in [-0.3, -0.25) is 14.2 Å². The Hall–Kier alpha value is -3.26. The second-order valence-electron chi connectivity index (χ2n) is 6.45. The summed E-state index contributed by atoms with van der Waals surface area (Å²) in [5.74, 6) is 0.722. The Labute approximate surface area is 171 Å². The van der Waals surface area contributed by atoms with Crippen LogP contribution in [0, 0.1) is 0 Å². The number of hydrogen-bond donors (Lipinski definition) is 2. The second-order valence-corrected chi connectivity index (χ2v) is 7.39. The summed E-state index contributed by atoms with van der Waals surface area (Å²) in [7, 11) is 1.66. The van der Waals surface area contributed by atoms with E-state index in [0.717, 1.165) is 16.7 Å². The van der Waals surface area contributed by atoms with Gasteiger partial charge in [-0.1, -0.05) is 30.0 Å². The second kappa shape index (κ2) is 8.00. The number of aromatic amines is 1. The van der Waals surface area contributed by atoms with Gasteiger partial charge in [0.15, 0.2) is 5.16 Å². The van der Waals surface area contributed by atoms with Crippen molar-refractivity contribution < 1.29 is 9.53 Å². The third kappa shape index (κ3) is 3.84. The summed E-state index contributed by atoms with van der Waals surface area (Å²) in [6, 6.07) is 14.8. The first kappa shape index (κ1) is 19.1. The van der Waals surface area contributed by atoms with E-state index in [0.29, 0.717) is 28.5 Å². The van der Waals surface area contributed by atoms with Crippen molar-refractivity contribution in [3.05, 3.63) is 58.9 Å². The highest BCUT2D eigenvalue weighted by Gasteiger charge is 2.15. The highest BCUT2D eigenvalue weighted by molar-refractivity contribution is 7.99. The normalized spacial score (nSPS) is 11.1. The lowest BCUT2D eigenvalue weighted by atomic mass is 10.2. The number of nitrogens with zero attached hydrogens (tertiary/aromatic N) is 2. The average molecular weight is 408 g/mol. The number of benzene rings is 2. The molecule has 2 aromatic heterocycles. The van der Waals surface area contributed by atoms with Gasteiger partial charge in [0.2, 0.25) is 5.91 Å². The Morgan fingerprint density at radius 1 is 1.21 bits per heavy atom. The number of amides is 1. The van der Waals surface area contributed by atoms with Gasteiger partial charge in [0.1, 0.15) is 16.8 Å². The number of carbonyl (C=O) groups excluding carboxylic acids is 1. The summed E-state index contributed by atoms with van der Waals surface area (Å²) in [5.41, 5.74) is 2.48. The largest absolute Gasteiger partial charge is 0.494 e. The maximum Gasteiger partial charge on any atom is 0.278 e. The van der Waals surface area contributed by atoms with E-state index in [9.17, 15) is 9.59 Å². The summed E-state index contributed by atoms with van der Waals surface area (Å²) >= 11 is 1.23. The third-order valence-electron chi connectivity index (χ3n) is 4.47. The highest BCUT2D eigenvalue weighted by Crippen LogP contribution is 2.24. The number of ether oxygens (including phenoxy) is 1. The van der Waals surface area contributed by atoms with E-state index in [1.54, 1.807) is 19.2 Å². The minimum Gasteiger partial charge on any atom is -0.494 e. The van der Waals surface area contributed by atoms with E-state index >= 15 is 0 Å². The van der Waals surface area contributed by atoms with Crippen LogP contribution in [0.4, 0.5) is 5.69 Å². The Morgan fingerprint density at radius 2 is 1.97 bits per heavy atom. The first-order chi connectivity index (χ1) is 14.1. The summed E-state index contributed by atoms with van der Waals surface area (Å²) in [5, 5.41) is 4.22. The first-order valence-corrected chi connectivity index (χ1v) is 10.2. The number of anilines is 1. The molecule has 2 heterocycles. The molecule has 0 spiro atoms. The van der Waals surface area contributed by atoms with Crippen molar-refractivity contribution in [3.63, 3.8) is 0 Å². The van der Waals surface area contributed by atoms with Gasteiger partial charge in [0.05, 0.1) is 12.4 Å². The fourth-order valence-corrected chi connectivity index (χ4v) is 3.85. The highest BCUT2D eigenvalue weighted by atomic mass is 32.2. The van der Waals surface area contributed by atoms with Gasteiger partial charge in [-0.05, 0) is 37.3 Å². The molecule has 1 amide bonds. The maximum absolute atomic E-state index is 12.7. The predicted molar refractivity (Wildman–Crippen MR) is 116 cm³/mol. The molecule has 0 saturated carbocycles. The predicted octanol–water partition coefficient (Wildman–Crippen LogP) is 3.54. The van der Waals surface area contributed by atoms with Crippen molar-refractivity contribution in [2.45, 2.75) is 12.1 Å². The molecule has 0 saturated heterocycles. The number of carbonyl (C=O) groups is 1. The molecule has 0 aliphatic carbocycles. The molecule has 7 nitrogen and oxygen atoms in total. The van der Waals surface area contributed by atoms with Crippen LogP contribution in [0.2, 0.25) is 0 Å². The molecule has 0 fully saturated rings. The lowest BCUT2D eigenvalue weighted by Crippen LogP contribution is -2.21. The van der Waals surface area contributed by atoms with E-state index in [1.165, 1.54) is 16.3 Å².